The minimum atomic E-state index is -0.273. The fourth-order valence-corrected chi connectivity index (χ4v) is 5.27. The summed E-state index contributed by atoms with van der Waals surface area (Å²) in [5, 5.41) is 11.3. The van der Waals surface area contributed by atoms with Crippen LogP contribution in [0.2, 0.25) is 0 Å². The molecule has 7 nitrogen and oxygen atoms in total. The van der Waals surface area contributed by atoms with Gasteiger partial charge in [0, 0.05) is 24.4 Å². The highest BCUT2D eigenvalue weighted by Crippen LogP contribution is 2.34. The van der Waals surface area contributed by atoms with Gasteiger partial charge in [0.25, 0.3) is 5.56 Å². The van der Waals surface area contributed by atoms with E-state index in [1.807, 2.05) is 24.3 Å². The van der Waals surface area contributed by atoms with Crippen LogP contribution in [0.3, 0.4) is 0 Å². The maximum atomic E-state index is 12.9. The second-order valence-corrected chi connectivity index (χ2v) is 9.49. The fraction of sp³-hybridized carbons (Fsp3) is 0.519. The molecule has 1 aromatic heterocycles. The molecular weight excluding hydrogens is 432 g/mol. The van der Waals surface area contributed by atoms with Crippen LogP contribution in [0.15, 0.2) is 40.7 Å². The van der Waals surface area contributed by atoms with Crippen LogP contribution in [0.5, 0.6) is 5.75 Å². The summed E-state index contributed by atoms with van der Waals surface area (Å²) in [4.78, 5) is 42.1. The molecule has 1 aliphatic carbocycles. The van der Waals surface area contributed by atoms with E-state index in [4.69, 9.17) is 4.74 Å². The van der Waals surface area contributed by atoms with Crippen LogP contribution in [0.4, 0.5) is 4.79 Å². The minimum Gasteiger partial charge on any atom is -0.507 e. The number of likely N-dealkylation sites (tertiary alicyclic amines) is 1. The topological polar surface area (TPSA) is 99.7 Å². The highest BCUT2D eigenvalue weighted by atomic mass is 16.6. The number of ketones is 1. The van der Waals surface area contributed by atoms with Crippen LogP contribution < -0.4 is 5.56 Å². The Bertz CT molecular complexity index is 1130. The summed E-state index contributed by atoms with van der Waals surface area (Å²) in [6, 6.07) is 7.27. The van der Waals surface area contributed by atoms with E-state index in [1.54, 1.807) is 17.9 Å². The summed E-state index contributed by atoms with van der Waals surface area (Å²) >= 11 is 0. The zero-order valence-electron chi connectivity index (χ0n) is 19.8. The molecule has 0 bridgehead atoms. The molecule has 4 rings (SSSR count). The number of aromatic amines is 1. The van der Waals surface area contributed by atoms with Gasteiger partial charge in [-0.3, -0.25) is 9.59 Å². The summed E-state index contributed by atoms with van der Waals surface area (Å²) in [5.41, 5.74) is 1.97. The first kappa shape index (κ1) is 24.0. The molecule has 2 fully saturated rings. The number of para-hydroxylation sites is 1. The molecule has 0 unspecified atom stereocenters. The van der Waals surface area contributed by atoms with E-state index in [0.717, 1.165) is 44.1 Å². The van der Waals surface area contributed by atoms with Gasteiger partial charge < -0.3 is 19.7 Å². The molecule has 182 valence electrons. The van der Waals surface area contributed by atoms with E-state index in [1.165, 1.54) is 0 Å². The Morgan fingerprint density at radius 2 is 1.91 bits per heavy atom. The number of pyridine rings is 1. The van der Waals surface area contributed by atoms with Gasteiger partial charge in [0.05, 0.1) is 17.7 Å². The normalized spacial score (nSPS) is 22.5. The van der Waals surface area contributed by atoms with Crippen molar-refractivity contribution < 1.29 is 19.4 Å². The summed E-state index contributed by atoms with van der Waals surface area (Å²) in [6.07, 6.45) is 7.79. The number of fused-ring (bicyclic) bond motifs is 1. The maximum Gasteiger partial charge on any atom is 0.409 e. The van der Waals surface area contributed by atoms with E-state index in [-0.39, 0.29) is 35.0 Å². The molecule has 2 aromatic rings. The fourth-order valence-electron chi connectivity index (χ4n) is 5.27. The molecule has 0 spiro atoms. The number of carbonyl (C=O) groups is 2. The molecule has 34 heavy (non-hydrogen) atoms. The predicted molar refractivity (Wildman–Crippen MR) is 131 cm³/mol. The van der Waals surface area contributed by atoms with Crippen molar-refractivity contribution in [1.82, 2.24) is 9.88 Å². The van der Waals surface area contributed by atoms with Gasteiger partial charge in [0.2, 0.25) is 0 Å². The number of hydrogen-bond acceptors (Lipinski definition) is 5. The molecular formula is C27H34N2O5. The molecule has 1 saturated carbocycles. The third kappa shape index (κ3) is 5.51. The van der Waals surface area contributed by atoms with Gasteiger partial charge in [0.1, 0.15) is 5.75 Å². The van der Waals surface area contributed by atoms with Gasteiger partial charge in [0.15, 0.2) is 5.78 Å². The first-order valence-corrected chi connectivity index (χ1v) is 12.4. The van der Waals surface area contributed by atoms with Gasteiger partial charge in [-0.1, -0.05) is 17.7 Å². The number of aromatic hydroxyl groups is 1. The predicted octanol–water partition coefficient (Wildman–Crippen LogP) is 4.72. The van der Waals surface area contributed by atoms with Gasteiger partial charge >= 0.3 is 6.09 Å². The minimum absolute atomic E-state index is 0.0108. The van der Waals surface area contributed by atoms with Crippen molar-refractivity contribution in [3.63, 3.8) is 0 Å². The Balaban J connectivity index is 1.33. The second kappa shape index (κ2) is 10.9. The first-order valence-electron chi connectivity index (χ1n) is 12.4. The number of rotatable bonds is 5. The van der Waals surface area contributed by atoms with Crippen LogP contribution in [-0.2, 0) is 16.0 Å². The Kier molecular flexibility index (Phi) is 7.70. The van der Waals surface area contributed by atoms with Crippen molar-refractivity contribution in [3.05, 3.63) is 51.8 Å². The van der Waals surface area contributed by atoms with Crippen LogP contribution in [0.25, 0.3) is 10.9 Å². The maximum absolute atomic E-state index is 12.9. The number of ether oxygens (including phenoxy) is 1. The molecule has 2 heterocycles. The highest BCUT2D eigenvalue weighted by Gasteiger charge is 2.27. The molecule has 1 amide bonds. The van der Waals surface area contributed by atoms with Crippen LogP contribution in [0.1, 0.15) is 57.4 Å². The van der Waals surface area contributed by atoms with E-state index >= 15 is 0 Å². The van der Waals surface area contributed by atoms with E-state index < -0.39 is 0 Å². The zero-order chi connectivity index (χ0) is 24.1. The van der Waals surface area contributed by atoms with Gasteiger partial charge in [-0.2, -0.15) is 0 Å². The highest BCUT2D eigenvalue weighted by molar-refractivity contribution is 5.92. The molecule has 1 saturated heterocycles. The summed E-state index contributed by atoms with van der Waals surface area (Å²) in [5.74, 6) is 0.550. The zero-order valence-corrected chi connectivity index (χ0v) is 19.8. The Labute approximate surface area is 199 Å². The lowest BCUT2D eigenvalue weighted by Crippen LogP contribution is -2.32. The standard InChI is InChI=1S/C27H34N2O5/c1-2-34-27(33)29-14-5-6-18(13-15-29)17-24(30)20-11-9-19(10-12-20)16-22-25(31)21-7-3-4-8-23(21)28-26(22)32/h3-4,7-8,17,19-20H,2,5-6,9-16H2,1H3,(H2,28,31,32). The van der Waals surface area contributed by atoms with Crippen LogP contribution in [-0.4, -0.2) is 46.6 Å². The van der Waals surface area contributed by atoms with E-state index in [0.29, 0.717) is 49.0 Å². The Morgan fingerprint density at radius 3 is 2.68 bits per heavy atom. The first-order chi connectivity index (χ1) is 16.5. The number of carbonyl (C=O) groups excluding carboxylic acids is 2. The summed E-state index contributed by atoms with van der Waals surface area (Å²) < 4.78 is 5.10. The van der Waals surface area contributed by atoms with Crippen molar-refractivity contribution in [3.8, 4) is 5.75 Å². The largest absolute Gasteiger partial charge is 0.507 e. The number of aromatic nitrogens is 1. The summed E-state index contributed by atoms with van der Waals surface area (Å²) in [7, 11) is 0. The number of amides is 1. The van der Waals surface area contributed by atoms with E-state index in [9.17, 15) is 19.5 Å². The second-order valence-electron chi connectivity index (χ2n) is 9.49. The van der Waals surface area contributed by atoms with Gasteiger partial charge in [-0.15, -0.1) is 0 Å². The third-order valence-corrected chi connectivity index (χ3v) is 7.23. The Morgan fingerprint density at radius 1 is 1.15 bits per heavy atom. The lowest BCUT2D eigenvalue weighted by molar-refractivity contribution is -0.119. The molecule has 2 aliphatic rings. The molecule has 0 radical (unpaired) electrons. The molecule has 0 atom stereocenters. The SMILES string of the molecule is CCOC(=O)N1CCCC(=CC(=O)C2CCC(Cc3c(O)c4ccccc4[nH]c3=O)CC2)CC1. The number of nitrogens with one attached hydrogen (secondary N) is 1. The average Bonchev–Trinajstić information content (AvgIpc) is 3.08. The lowest BCUT2D eigenvalue weighted by Gasteiger charge is -2.27. The van der Waals surface area contributed by atoms with Crippen LogP contribution in [0, 0.1) is 11.8 Å². The smallest absolute Gasteiger partial charge is 0.409 e. The van der Waals surface area contributed by atoms with Crippen molar-refractivity contribution in [2.45, 2.75) is 58.3 Å². The third-order valence-electron chi connectivity index (χ3n) is 7.23. The summed E-state index contributed by atoms with van der Waals surface area (Å²) in [6.45, 7) is 3.43. The van der Waals surface area contributed by atoms with Crippen molar-refractivity contribution in [1.29, 1.82) is 0 Å². The number of nitrogens with zero attached hydrogens (tertiary/aromatic N) is 1. The number of hydrogen-bond donors (Lipinski definition) is 2. The molecule has 7 heteroatoms. The number of H-pyrrole nitrogens is 1. The van der Waals surface area contributed by atoms with Crippen molar-refractivity contribution in [2.75, 3.05) is 19.7 Å². The number of allylic oxidation sites excluding steroid dienone is 1. The van der Waals surface area contributed by atoms with Gasteiger partial charge in [-0.05, 0) is 82.4 Å². The Hall–Kier alpha value is -3.09. The van der Waals surface area contributed by atoms with E-state index in [2.05, 4.69) is 4.98 Å². The lowest BCUT2D eigenvalue weighted by atomic mass is 9.77. The molecule has 1 aromatic carbocycles. The quantitative estimate of drug-likeness (QED) is 0.621. The monoisotopic (exact) mass is 466 g/mol. The average molecular weight is 467 g/mol. The number of benzene rings is 1. The van der Waals surface area contributed by atoms with Crippen LogP contribution >= 0.6 is 0 Å². The molecule has 2 N–H and O–H groups in total. The van der Waals surface area contributed by atoms with Gasteiger partial charge in [-0.25, -0.2) is 4.79 Å². The molecule has 1 aliphatic heterocycles. The van der Waals surface area contributed by atoms with Crippen molar-refractivity contribution in [2.24, 2.45) is 11.8 Å². The van der Waals surface area contributed by atoms with Crippen molar-refractivity contribution >= 4 is 22.8 Å².